The van der Waals surface area contributed by atoms with Crippen LogP contribution in [0.4, 0.5) is 5.82 Å². The zero-order valence-electron chi connectivity index (χ0n) is 8.59. The Balaban J connectivity index is 2.48. The van der Waals surface area contributed by atoms with Crippen LogP contribution in [0.2, 0.25) is 5.02 Å². The molecule has 0 radical (unpaired) electrons. The van der Waals surface area contributed by atoms with Gasteiger partial charge in [0.25, 0.3) is 5.91 Å². The average molecular weight is 356 g/mol. The van der Waals surface area contributed by atoms with Crippen molar-refractivity contribution < 1.29 is 9.53 Å². The van der Waals surface area contributed by atoms with E-state index in [1.807, 2.05) is 29.5 Å². The van der Waals surface area contributed by atoms with Gasteiger partial charge in [-0.25, -0.2) is 4.98 Å². The summed E-state index contributed by atoms with van der Waals surface area (Å²) in [4.78, 5) is 15.2. The molecule has 16 heavy (non-hydrogen) atoms. The average Bonchev–Trinajstić information content (AvgIpc) is 2.28. The van der Waals surface area contributed by atoms with Crippen molar-refractivity contribution in [3.05, 3.63) is 20.9 Å². The Morgan fingerprint density at radius 2 is 2.44 bits per heavy atom. The Hall–Kier alpha value is -0.600. The number of aromatic nitrogens is 1. The van der Waals surface area contributed by atoms with E-state index in [2.05, 4.69) is 15.8 Å². The van der Waals surface area contributed by atoms with Gasteiger partial charge >= 0.3 is 0 Å². The molecular formula is C9H11ClIN3O2. The second-order valence-electron chi connectivity index (χ2n) is 2.77. The third kappa shape index (κ3) is 4.11. The van der Waals surface area contributed by atoms with Crippen LogP contribution >= 0.6 is 34.2 Å². The van der Waals surface area contributed by atoms with Crippen molar-refractivity contribution in [2.45, 2.75) is 6.92 Å². The number of nitrogens with one attached hydrogen (secondary N) is 2. The molecule has 2 N–H and O–H groups in total. The highest BCUT2D eigenvalue weighted by molar-refractivity contribution is 14.1. The molecule has 0 saturated heterocycles. The van der Waals surface area contributed by atoms with Gasteiger partial charge in [0.05, 0.1) is 8.59 Å². The third-order valence-electron chi connectivity index (χ3n) is 1.60. The molecule has 0 aliphatic rings. The lowest BCUT2D eigenvalue weighted by molar-refractivity contribution is -0.125. The Morgan fingerprint density at radius 3 is 3.12 bits per heavy atom. The number of anilines is 1. The Kier molecular flexibility index (Phi) is 5.78. The fraction of sp³-hybridized carbons (Fsp3) is 0.333. The van der Waals surface area contributed by atoms with Gasteiger partial charge in [-0.1, -0.05) is 11.6 Å². The van der Waals surface area contributed by atoms with Gasteiger partial charge in [-0.3, -0.25) is 15.6 Å². The van der Waals surface area contributed by atoms with E-state index in [0.717, 1.165) is 3.57 Å². The smallest absolute Gasteiger partial charge is 0.264 e. The lowest BCUT2D eigenvalue weighted by Gasteiger charge is -2.09. The van der Waals surface area contributed by atoms with Crippen molar-refractivity contribution in [3.63, 3.8) is 0 Å². The largest absolute Gasteiger partial charge is 0.372 e. The quantitative estimate of drug-likeness (QED) is 0.625. The van der Waals surface area contributed by atoms with Crippen LogP contribution in [-0.2, 0) is 9.53 Å². The number of ether oxygens (including phenoxy) is 1. The summed E-state index contributed by atoms with van der Waals surface area (Å²) < 4.78 is 5.69. The number of hydrogen-bond donors (Lipinski definition) is 2. The highest BCUT2D eigenvalue weighted by atomic mass is 127. The molecule has 0 aliphatic carbocycles. The second-order valence-corrected chi connectivity index (χ2v) is 4.25. The molecule has 0 spiro atoms. The van der Waals surface area contributed by atoms with Gasteiger partial charge in [-0.05, 0) is 35.6 Å². The molecule has 7 heteroatoms. The summed E-state index contributed by atoms with van der Waals surface area (Å²) in [6.07, 6.45) is 1.56. The summed E-state index contributed by atoms with van der Waals surface area (Å²) in [5.41, 5.74) is 5.14. The lowest BCUT2D eigenvalue weighted by Crippen LogP contribution is -2.33. The molecule has 0 saturated carbocycles. The maximum atomic E-state index is 11.2. The van der Waals surface area contributed by atoms with Gasteiger partial charge in [-0.2, -0.15) is 0 Å². The van der Waals surface area contributed by atoms with Crippen LogP contribution in [0.5, 0.6) is 0 Å². The molecule has 0 fully saturated rings. The number of halogens is 2. The first kappa shape index (κ1) is 13.5. The van der Waals surface area contributed by atoms with E-state index < -0.39 is 0 Å². The SMILES string of the molecule is CCOCC(=O)NNc1nccc(Cl)c1I. The summed E-state index contributed by atoms with van der Waals surface area (Å²) in [6, 6.07) is 1.68. The predicted molar refractivity (Wildman–Crippen MR) is 70.2 cm³/mol. The Morgan fingerprint density at radius 1 is 1.69 bits per heavy atom. The Bertz CT molecular complexity index is 376. The number of carbonyl (C=O) groups excluding carboxylic acids is 1. The number of rotatable bonds is 5. The molecule has 0 unspecified atom stereocenters. The van der Waals surface area contributed by atoms with E-state index in [4.69, 9.17) is 16.3 Å². The number of amides is 1. The molecule has 1 aromatic rings. The van der Waals surface area contributed by atoms with Crippen LogP contribution in [0.15, 0.2) is 12.3 Å². The molecule has 0 aliphatic heterocycles. The molecule has 0 bridgehead atoms. The number of hydrogen-bond acceptors (Lipinski definition) is 4. The first-order valence-corrected chi connectivity index (χ1v) is 6.03. The summed E-state index contributed by atoms with van der Waals surface area (Å²) in [5.74, 6) is 0.248. The van der Waals surface area contributed by atoms with E-state index in [9.17, 15) is 4.79 Å². The summed E-state index contributed by atoms with van der Waals surface area (Å²) >= 11 is 7.93. The molecule has 0 aromatic carbocycles. The summed E-state index contributed by atoms with van der Waals surface area (Å²) in [7, 11) is 0. The molecule has 5 nitrogen and oxygen atoms in total. The number of carbonyl (C=O) groups is 1. The van der Waals surface area contributed by atoms with Crippen molar-refractivity contribution in [2.24, 2.45) is 0 Å². The van der Waals surface area contributed by atoms with Crippen molar-refractivity contribution in [1.82, 2.24) is 10.4 Å². The molecular weight excluding hydrogens is 344 g/mol. The molecule has 0 atom stereocenters. The fourth-order valence-corrected chi connectivity index (χ4v) is 1.47. The first-order chi connectivity index (χ1) is 7.65. The summed E-state index contributed by atoms with van der Waals surface area (Å²) in [6.45, 7) is 2.34. The van der Waals surface area contributed by atoms with Gasteiger partial charge in [-0.15, -0.1) is 0 Å². The highest BCUT2D eigenvalue weighted by Crippen LogP contribution is 2.22. The van der Waals surface area contributed by atoms with E-state index in [0.29, 0.717) is 17.4 Å². The Labute approximate surface area is 112 Å². The van der Waals surface area contributed by atoms with Gasteiger partial charge in [0.1, 0.15) is 6.61 Å². The van der Waals surface area contributed by atoms with Gasteiger partial charge in [0.2, 0.25) is 0 Å². The van der Waals surface area contributed by atoms with Gasteiger partial charge in [0.15, 0.2) is 5.82 Å². The zero-order valence-corrected chi connectivity index (χ0v) is 11.5. The molecule has 1 rings (SSSR count). The number of nitrogens with zero attached hydrogens (tertiary/aromatic N) is 1. The van der Waals surface area contributed by atoms with Crippen LogP contribution < -0.4 is 10.9 Å². The normalized spacial score (nSPS) is 9.94. The maximum Gasteiger partial charge on any atom is 0.264 e. The number of pyridine rings is 1. The minimum Gasteiger partial charge on any atom is -0.372 e. The number of hydrazine groups is 1. The monoisotopic (exact) mass is 355 g/mol. The van der Waals surface area contributed by atoms with Crippen LogP contribution in [-0.4, -0.2) is 24.1 Å². The van der Waals surface area contributed by atoms with Gasteiger partial charge < -0.3 is 4.74 Å². The van der Waals surface area contributed by atoms with E-state index in [1.165, 1.54) is 0 Å². The second kappa shape index (κ2) is 6.87. The van der Waals surface area contributed by atoms with Crippen LogP contribution in [0, 0.1) is 3.57 Å². The molecule has 1 aromatic heterocycles. The summed E-state index contributed by atoms with van der Waals surface area (Å²) in [5, 5.41) is 0.581. The predicted octanol–water partition coefficient (Wildman–Crippen LogP) is 1.82. The van der Waals surface area contributed by atoms with Crippen molar-refractivity contribution >= 4 is 45.9 Å². The van der Waals surface area contributed by atoms with Crippen LogP contribution in [0.1, 0.15) is 6.92 Å². The zero-order chi connectivity index (χ0) is 12.0. The maximum absolute atomic E-state index is 11.2. The first-order valence-electron chi connectivity index (χ1n) is 4.57. The van der Waals surface area contributed by atoms with E-state index in [1.54, 1.807) is 12.3 Å². The minimum absolute atomic E-state index is 0.0145. The topological polar surface area (TPSA) is 63.2 Å². The standard InChI is InChI=1S/C9H11ClIN3O2/c1-2-16-5-7(15)13-14-9-8(11)6(10)3-4-12-9/h3-4H,2,5H2,1H3,(H,12,14)(H,13,15). The van der Waals surface area contributed by atoms with E-state index >= 15 is 0 Å². The third-order valence-corrected chi connectivity index (χ3v) is 3.33. The van der Waals surface area contributed by atoms with Crippen molar-refractivity contribution in [1.29, 1.82) is 0 Å². The minimum atomic E-state index is -0.264. The molecule has 1 amide bonds. The highest BCUT2D eigenvalue weighted by Gasteiger charge is 2.06. The molecule has 1 heterocycles. The molecule has 88 valence electrons. The van der Waals surface area contributed by atoms with Crippen molar-refractivity contribution in [2.75, 3.05) is 18.6 Å². The van der Waals surface area contributed by atoms with E-state index in [-0.39, 0.29) is 12.5 Å². The fourth-order valence-electron chi connectivity index (χ4n) is 0.867. The van der Waals surface area contributed by atoms with Crippen LogP contribution in [0.25, 0.3) is 0 Å². The lowest BCUT2D eigenvalue weighted by atomic mass is 10.5. The van der Waals surface area contributed by atoms with Crippen LogP contribution in [0.3, 0.4) is 0 Å². The van der Waals surface area contributed by atoms with Gasteiger partial charge in [0, 0.05) is 12.8 Å². The van der Waals surface area contributed by atoms with Crippen molar-refractivity contribution in [3.8, 4) is 0 Å².